The number of fused-ring (bicyclic) bond motifs is 2. The zero-order valence-corrected chi connectivity index (χ0v) is 15.4. The van der Waals surface area contributed by atoms with Crippen LogP contribution in [0.4, 0.5) is 0 Å². The van der Waals surface area contributed by atoms with Gasteiger partial charge in [-0.25, -0.2) is 0 Å². The molecule has 1 saturated heterocycles. The first-order valence-electron chi connectivity index (χ1n) is 9.36. The molecule has 0 aliphatic carbocycles. The van der Waals surface area contributed by atoms with Crippen LogP contribution in [0.3, 0.4) is 0 Å². The lowest BCUT2D eigenvalue weighted by Gasteiger charge is -2.35. The van der Waals surface area contributed by atoms with Crippen molar-refractivity contribution in [3.05, 3.63) is 54.6 Å². The molecule has 0 bridgehead atoms. The van der Waals surface area contributed by atoms with Gasteiger partial charge in [0.15, 0.2) is 11.5 Å². The highest BCUT2D eigenvalue weighted by atomic mass is 16.7. The van der Waals surface area contributed by atoms with E-state index < -0.39 is 24.6 Å². The lowest BCUT2D eigenvalue weighted by Crippen LogP contribution is -2.54. The summed E-state index contributed by atoms with van der Waals surface area (Å²) in [6, 6.07) is 17.3. The van der Waals surface area contributed by atoms with Gasteiger partial charge in [0.05, 0.1) is 6.61 Å². The Labute approximate surface area is 166 Å². The Morgan fingerprint density at radius 2 is 1.62 bits per heavy atom. The van der Waals surface area contributed by atoms with Crippen LogP contribution >= 0.6 is 0 Å². The summed E-state index contributed by atoms with van der Waals surface area (Å²) in [6.45, 7) is 0.104. The molecule has 2 heterocycles. The lowest BCUT2D eigenvalue weighted by molar-refractivity contribution is -0.241. The summed E-state index contributed by atoms with van der Waals surface area (Å²) < 4.78 is 22.1. The molecular formula is C22H20O7. The quantitative estimate of drug-likeness (QED) is 0.623. The molecule has 7 nitrogen and oxygen atoms in total. The number of hydrogen-bond acceptors (Lipinski definition) is 7. The molecule has 1 unspecified atom stereocenters. The maximum atomic E-state index is 10.2. The molecular weight excluding hydrogens is 376 g/mol. The lowest BCUT2D eigenvalue weighted by atomic mass is 9.97. The third kappa shape index (κ3) is 3.18. The highest BCUT2D eigenvalue weighted by Crippen LogP contribution is 2.40. The Hall–Kier alpha value is -2.84. The van der Waals surface area contributed by atoms with E-state index in [2.05, 4.69) is 0 Å². The number of aliphatic hydroxyl groups is 3. The molecule has 0 aromatic heterocycles. The van der Waals surface area contributed by atoms with Gasteiger partial charge in [-0.2, -0.15) is 0 Å². The first kappa shape index (κ1) is 18.2. The molecule has 0 amide bonds. The number of benzene rings is 3. The average Bonchev–Trinajstić information content (AvgIpc) is 3.22. The Bertz CT molecular complexity index is 1050. The molecule has 7 heteroatoms. The van der Waals surface area contributed by atoms with Gasteiger partial charge >= 0.3 is 0 Å². The van der Waals surface area contributed by atoms with Crippen LogP contribution in [0.1, 0.15) is 0 Å². The third-order valence-corrected chi connectivity index (χ3v) is 5.27. The minimum absolute atomic E-state index is 0.115. The number of aliphatic hydroxyl groups excluding tert-OH is 3. The molecule has 3 aromatic rings. The molecule has 150 valence electrons. The topological polar surface area (TPSA) is 97.6 Å². The molecule has 1 fully saturated rings. The highest BCUT2D eigenvalue weighted by molar-refractivity contribution is 6.00. The minimum Gasteiger partial charge on any atom is -0.461 e. The van der Waals surface area contributed by atoms with Gasteiger partial charge in [-0.05, 0) is 34.7 Å². The van der Waals surface area contributed by atoms with Gasteiger partial charge in [0, 0.05) is 5.39 Å². The summed E-state index contributed by atoms with van der Waals surface area (Å²) in [6.07, 6.45) is -4.90. The van der Waals surface area contributed by atoms with Crippen LogP contribution in [0.25, 0.3) is 21.9 Å². The fraction of sp³-hybridized carbons (Fsp3) is 0.273. The minimum atomic E-state index is -1.36. The van der Waals surface area contributed by atoms with Gasteiger partial charge in [0.1, 0.15) is 24.1 Å². The summed E-state index contributed by atoms with van der Waals surface area (Å²) in [7, 11) is 0. The number of ether oxygens (including phenoxy) is 4. The molecule has 2 aliphatic heterocycles. The van der Waals surface area contributed by atoms with Crippen molar-refractivity contribution in [1.82, 2.24) is 0 Å². The van der Waals surface area contributed by atoms with Gasteiger partial charge in [-0.1, -0.05) is 36.4 Å². The summed E-state index contributed by atoms with van der Waals surface area (Å²) in [5.41, 5.74) is 1.97. The van der Waals surface area contributed by atoms with E-state index in [1.165, 1.54) is 0 Å². The SMILES string of the molecule is O[C@@H]1[C@H](O)COC(Oc2ccc(-c3ccc4c(c3)OCO4)c3ccccc23)[C@H]1O. The van der Waals surface area contributed by atoms with E-state index in [-0.39, 0.29) is 13.4 Å². The van der Waals surface area contributed by atoms with Crippen LogP contribution < -0.4 is 14.2 Å². The summed E-state index contributed by atoms with van der Waals surface area (Å²) in [5, 5.41) is 31.5. The Balaban J connectivity index is 1.52. The van der Waals surface area contributed by atoms with Crippen LogP contribution in [-0.2, 0) is 4.74 Å². The van der Waals surface area contributed by atoms with Crippen molar-refractivity contribution in [3.8, 4) is 28.4 Å². The second-order valence-corrected chi connectivity index (χ2v) is 7.09. The summed E-state index contributed by atoms with van der Waals surface area (Å²) in [4.78, 5) is 0. The molecule has 5 rings (SSSR count). The predicted octanol–water partition coefficient (Wildman–Crippen LogP) is 2.05. The van der Waals surface area contributed by atoms with Gasteiger partial charge in [0.2, 0.25) is 13.1 Å². The largest absolute Gasteiger partial charge is 0.461 e. The second kappa shape index (κ2) is 7.20. The van der Waals surface area contributed by atoms with Gasteiger partial charge in [0.25, 0.3) is 0 Å². The van der Waals surface area contributed by atoms with Crippen molar-refractivity contribution >= 4 is 10.8 Å². The first-order chi connectivity index (χ1) is 14.1. The zero-order valence-electron chi connectivity index (χ0n) is 15.4. The first-order valence-corrected chi connectivity index (χ1v) is 9.36. The molecule has 29 heavy (non-hydrogen) atoms. The van der Waals surface area contributed by atoms with Crippen molar-refractivity contribution in [1.29, 1.82) is 0 Å². The molecule has 0 radical (unpaired) electrons. The van der Waals surface area contributed by atoms with E-state index in [4.69, 9.17) is 18.9 Å². The van der Waals surface area contributed by atoms with E-state index >= 15 is 0 Å². The summed E-state index contributed by atoms with van der Waals surface area (Å²) in [5.74, 6) is 1.94. The molecule has 3 N–H and O–H groups in total. The number of rotatable bonds is 3. The van der Waals surface area contributed by atoms with Crippen LogP contribution in [0.15, 0.2) is 54.6 Å². The van der Waals surface area contributed by atoms with Crippen molar-refractivity contribution in [2.45, 2.75) is 24.6 Å². The van der Waals surface area contributed by atoms with E-state index in [1.54, 1.807) is 6.07 Å². The zero-order chi connectivity index (χ0) is 20.0. The Morgan fingerprint density at radius 3 is 2.48 bits per heavy atom. The fourth-order valence-corrected chi connectivity index (χ4v) is 3.70. The maximum Gasteiger partial charge on any atom is 0.231 e. The number of hydrogen-bond donors (Lipinski definition) is 3. The van der Waals surface area contributed by atoms with Crippen LogP contribution in [0, 0.1) is 0 Å². The Morgan fingerprint density at radius 1 is 0.828 bits per heavy atom. The maximum absolute atomic E-state index is 10.2. The van der Waals surface area contributed by atoms with E-state index in [0.717, 1.165) is 27.6 Å². The van der Waals surface area contributed by atoms with E-state index in [9.17, 15) is 15.3 Å². The van der Waals surface area contributed by atoms with E-state index in [1.807, 2.05) is 48.5 Å². The average molecular weight is 396 g/mol. The molecule has 0 saturated carbocycles. The third-order valence-electron chi connectivity index (χ3n) is 5.27. The van der Waals surface area contributed by atoms with Gasteiger partial charge in [-0.15, -0.1) is 0 Å². The molecule has 4 atom stereocenters. The molecule has 2 aliphatic rings. The fourth-order valence-electron chi connectivity index (χ4n) is 3.70. The Kier molecular flexibility index (Phi) is 4.52. The summed E-state index contributed by atoms with van der Waals surface area (Å²) >= 11 is 0. The molecule has 0 spiro atoms. The van der Waals surface area contributed by atoms with Crippen LogP contribution in [0.5, 0.6) is 17.2 Å². The van der Waals surface area contributed by atoms with Gasteiger partial charge in [-0.3, -0.25) is 0 Å². The highest BCUT2D eigenvalue weighted by Gasteiger charge is 2.39. The van der Waals surface area contributed by atoms with Gasteiger partial charge < -0.3 is 34.3 Å². The second-order valence-electron chi connectivity index (χ2n) is 7.09. The van der Waals surface area contributed by atoms with Crippen molar-refractivity contribution in [3.63, 3.8) is 0 Å². The van der Waals surface area contributed by atoms with Crippen LogP contribution in [-0.4, -0.2) is 53.3 Å². The normalized spacial score (nSPS) is 25.9. The smallest absolute Gasteiger partial charge is 0.231 e. The van der Waals surface area contributed by atoms with Crippen molar-refractivity contribution in [2.24, 2.45) is 0 Å². The van der Waals surface area contributed by atoms with Crippen molar-refractivity contribution < 1.29 is 34.3 Å². The monoisotopic (exact) mass is 396 g/mol. The molecule has 3 aromatic carbocycles. The van der Waals surface area contributed by atoms with E-state index in [0.29, 0.717) is 11.5 Å². The van der Waals surface area contributed by atoms with Crippen molar-refractivity contribution in [2.75, 3.05) is 13.4 Å². The van der Waals surface area contributed by atoms with Crippen LogP contribution in [0.2, 0.25) is 0 Å². The standard InChI is InChI=1S/C22H20O7/c23-16-10-26-22(21(25)20(16)24)29-17-8-6-13(14-3-1-2-4-15(14)17)12-5-7-18-19(9-12)28-11-27-18/h1-9,16,20-25H,10-11H2/t16-,20-,21+,22?/m1/s1. The predicted molar refractivity (Wildman–Crippen MR) is 104 cm³/mol.